The number of rotatable bonds is 3. The predicted octanol–water partition coefficient (Wildman–Crippen LogP) is 2.35. The lowest BCUT2D eigenvalue weighted by atomic mass is 9.82. The molecular formula is C21H25F6N3O7. The van der Waals surface area contributed by atoms with Crippen LogP contribution in [0.5, 0.6) is 0 Å². The van der Waals surface area contributed by atoms with Gasteiger partial charge in [0.05, 0.1) is 25.2 Å². The monoisotopic (exact) mass is 545 g/mol. The van der Waals surface area contributed by atoms with Crippen LogP contribution in [0.25, 0.3) is 0 Å². The third kappa shape index (κ3) is 9.44. The van der Waals surface area contributed by atoms with Crippen molar-refractivity contribution in [2.75, 3.05) is 32.8 Å². The maximum absolute atomic E-state index is 12.8. The molecule has 10 nitrogen and oxygen atoms in total. The summed E-state index contributed by atoms with van der Waals surface area (Å²) in [6.45, 7) is 4.66. The maximum Gasteiger partial charge on any atom is 0.490 e. The van der Waals surface area contributed by atoms with E-state index in [9.17, 15) is 31.1 Å². The summed E-state index contributed by atoms with van der Waals surface area (Å²) in [5, 5.41) is 15.8. The number of ether oxygens (including phenoxy) is 1. The number of hydrogen-bond acceptors (Lipinski definition) is 7. The van der Waals surface area contributed by atoms with Crippen LogP contribution < -0.4 is 0 Å². The van der Waals surface area contributed by atoms with Crippen LogP contribution in [0.3, 0.4) is 0 Å². The van der Waals surface area contributed by atoms with E-state index in [-0.39, 0.29) is 17.9 Å². The molecule has 37 heavy (non-hydrogen) atoms. The van der Waals surface area contributed by atoms with Crippen LogP contribution in [-0.4, -0.2) is 94.3 Å². The van der Waals surface area contributed by atoms with Crippen molar-refractivity contribution in [3.8, 4) is 0 Å². The van der Waals surface area contributed by atoms with E-state index in [1.54, 1.807) is 5.06 Å². The molecule has 3 atom stereocenters. The van der Waals surface area contributed by atoms with Gasteiger partial charge in [0.15, 0.2) is 0 Å². The number of aliphatic carboxylic acids is 2. The van der Waals surface area contributed by atoms with Crippen LogP contribution in [0.1, 0.15) is 18.4 Å². The van der Waals surface area contributed by atoms with Crippen LogP contribution in [0.15, 0.2) is 24.5 Å². The summed E-state index contributed by atoms with van der Waals surface area (Å²) < 4.78 is 69.4. The van der Waals surface area contributed by atoms with Crippen LogP contribution in [0, 0.1) is 11.8 Å². The van der Waals surface area contributed by atoms with Gasteiger partial charge >= 0.3 is 24.3 Å². The fraction of sp³-hybridized carbons (Fsp3) is 0.619. The lowest BCUT2D eigenvalue weighted by molar-refractivity contribution is -0.193. The Balaban J connectivity index is 0.000000286. The Bertz CT molecular complexity index is 886. The average molecular weight is 545 g/mol. The Hall–Kier alpha value is -2.98. The van der Waals surface area contributed by atoms with Gasteiger partial charge in [0.1, 0.15) is 0 Å². The summed E-state index contributed by atoms with van der Waals surface area (Å²) >= 11 is 0. The molecule has 3 saturated heterocycles. The molecule has 0 bridgehead atoms. The molecule has 1 aromatic heterocycles. The minimum Gasteiger partial charge on any atom is -0.475 e. The largest absolute Gasteiger partial charge is 0.490 e. The average Bonchev–Trinajstić information content (AvgIpc) is 3.51. The highest BCUT2D eigenvalue weighted by Gasteiger charge is 2.45. The summed E-state index contributed by atoms with van der Waals surface area (Å²) in [5.74, 6) is -5.06. The van der Waals surface area contributed by atoms with Crippen LogP contribution >= 0.6 is 0 Å². The van der Waals surface area contributed by atoms with Crippen molar-refractivity contribution < 1.29 is 60.5 Å². The summed E-state index contributed by atoms with van der Waals surface area (Å²) in [6, 6.07) is 4.06. The molecule has 0 unspecified atom stereocenters. The van der Waals surface area contributed by atoms with Gasteiger partial charge in [-0.2, -0.15) is 26.3 Å². The zero-order chi connectivity index (χ0) is 27.8. The summed E-state index contributed by atoms with van der Waals surface area (Å²) in [7, 11) is 0. The van der Waals surface area contributed by atoms with Gasteiger partial charge in [-0.3, -0.25) is 19.5 Å². The van der Waals surface area contributed by atoms with Crippen LogP contribution in [0.2, 0.25) is 0 Å². The number of likely N-dealkylation sites (tertiary alicyclic amines) is 1. The number of halogens is 6. The highest BCUT2D eigenvalue weighted by atomic mass is 19.4. The van der Waals surface area contributed by atoms with E-state index in [4.69, 9.17) is 29.4 Å². The number of hydrogen-bond donors (Lipinski definition) is 2. The normalized spacial score (nSPS) is 23.7. The summed E-state index contributed by atoms with van der Waals surface area (Å²) in [6.07, 6.45) is -4.45. The van der Waals surface area contributed by atoms with Gasteiger partial charge in [0.2, 0.25) is 0 Å². The van der Waals surface area contributed by atoms with Crippen molar-refractivity contribution in [1.82, 2.24) is 14.9 Å². The van der Waals surface area contributed by atoms with Crippen LogP contribution in [-0.2, 0) is 30.5 Å². The molecule has 2 N–H and O–H groups in total. The molecule has 3 aliphatic rings. The highest BCUT2D eigenvalue weighted by molar-refractivity contribution is 5.79. The molecule has 0 aliphatic carbocycles. The number of nitrogens with zero attached hydrogens (tertiary/aromatic N) is 3. The topological polar surface area (TPSA) is 129 Å². The number of carboxylic acid groups (broad SMARTS) is 2. The van der Waals surface area contributed by atoms with Crippen molar-refractivity contribution in [1.29, 1.82) is 0 Å². The van der Waals surface area contributed by atoms with E-state index in [2.05, 4.69) is 9.88 Å². The fourth-order valence-corrected chi connectivity index (χ4v) is 4.00. The van der Waals surface area contributed by atoms with Gasteiger partial charge in [0.25, 0.3) is 5.91 Å². The Labute approximate surface area is 206 Å². The molecular weight excluding hydrogens is 520 g/mol. The molecule has 1 amide bonds. The number of alkyl halides is 6. The summed E-state index contributed by atoms with van der Waals surface area (Å²) in [5.41, 5.74) is 1.22. The van der Waals surface area contributed by atoms with E-state index in [1.165, 1.54) is 5.56 Å². The minimum atomic E-state index is -5.08. The molecule has 0 saturated carbocycles. The second-order valence-corrected chi connectivity index (χ2v) is 8.25. The number of carboxylic acids is 2. The maximum atomic E-state index is 12.8. The molecule has 16 heteroatoms. The van der Waals surface area contributed by atoms with E-state index in [0.717, 1.165) is 45.6 Å². The lowest BCUT2D eigenvalue weighted by Gasteiger charge is -2.40. The molecule has 0 spiro atoms. The first-order chi connectivity index (χ1) is 17.2. The Morgan fingerprint density at radius 1 is 0.973 bits per heavy atom. The molecule has 4 rings (SSSR count). The van der Waals surface area contributed by atoms with E-state index in [1.807, 2.05) is 24.5 Å². The first-order valence-electron chi connectivity index (χ1n) is 11.0. The van der Waals surface area contributed by atoms with Gasteiger partial charge < -0.3 is 14.9 Å². The lowest BCUT2D eigenvalue weighted by Crippen LogP contribution is -2.52. The van der Waals surface area contributed by atoms with Gasteiger partial charge in [-0.15, -0.1) is 0 Å². The van der Waals surface area contributed by atoms with Gasteiger partial charge in [-0.1, -0.05) is 0 Å². The van der Waals surface area contributed by atoms with Crippen molar-refractivity contribution in [3.05, 3.63) is 30.1 Å². The number of hydroxylamine groups is 2. The molecule has 3 fully saturated rings. The fourth-order valence-electron chi connectivity index (χ4n) is 4.00. The zero-order valence-electron chi connectivity index (χ0n) is 19.2. The smallest absolute Gasteiger partial charge is 0.475 e. The Kier molecular flexibility index (Phi) is 10.6. The number of carbonyl (C=O) groups excluding carboxylic acids is 1. The molecule has 1 aromatic rings. The zero-order valence-corrected chi connectivity index (χ0v) is 19.2. The second-order valence-electron chi connectivity index (χ2n) is 8.25. The molecule has 3 aliphatic heterocycles. The highest BCUT2D eigenvalue weighted by Crippen LogP contribution is 2.35. The van der Waals surface area contributed by atoms with Crippen molar-refractivity contribution in [3.63, 3.8) is 0 Å². The van der Waals surface area contributed by atoms with Gasteiger partial charge in [0, 0.05) is 44.6 Å². The first-order valence-corrected chi connectivity index (χ1v) is 11.0. The molecule has 208 valence electrons. The van der Waals surface area contributed by atoms with Gasteiger partial charge in [-0.25, -0.2) is 14.7 Å². The van der Waals surface area contributed by atoms with Crippen molar-refractivity contribution in [2.24, 2.45) is 11.8 Å². The quantitative estimate of drug-likeness (QED) is 0.550. The number of piperidine rings is 1. The van der Waals surface area contributed by atoms with Crippen molar-refractivity contribution in [2.45, 2.75) is 37.8 Å². The van der Waals surface area contributed by atoms with E-state index in [0.29, 0.717) is 12.5 Å². The Morgan fingerprint density at radius 2 is 1.54 bits per heavy atom. The number of aromatic nitrogens is 1. The number of amides is 1. The number of pyridine rings is 1. The number of carbonyl (C=O) groups is 3. The third-order valence-electron chi connectivity index (χ3n) is 5.63. The molecule has 0 radical (unpaired) electrons. The predicted molar refractivity (Wildman–Crippen MR) is 111 cm³/mol. The third-order valence-corrected chi connectivity index (χ3v) is 5.63. The minimum absolute atomic E-state index is 0.0174. The summed E-state index contributed by atoms with van der Waals surface area (Å²) in [4.78, 5) is 42.5. The van der Waals surface area contributed by atoms with E-state index < -0.39 is 24.3 Å². The second kappa shape index (κ2) is 13.0. The molecule has 0 aromatic carbocycles. The van der Waals surface area contributed by atoms with Crippen LogP contribution in [0.4, 0.5) is 26.3 Å². The van der Waals surface area contributed by atoms with E-state index >= 15 is 0 Å². The van der Waals surface area contributed by atoms with Gasteiger partial charge in [-0.05, 0) is 30.5 Å². The standard InChI is InChI=1S/C17H23N3O3.2C2HF3O2/c21-17(20-7-1-8-23-20)15-11-19(10-13-2-5-18-6-3-13)12-16-14(15)4-9-22-16;2*3-2(4,5)1(6)7/h2-3,5-6,14-16H,1,4,7-12H2;2*(H,6,7)/t14-,15-,16+;;/m0../s1. The Morgan fingerprint density at radius 3 is 2.03 bits per heavy atom. The number of fused-ring (bicyclic) bond motifs is 1. The van der Waals surface area contributed by atoms with Crippen molar-refractivity contribution >= 4 is 17.8 Å². The molecule has 4 heterocycles. The first kappa shape index (κ1) is 30.2. The SMILES string of the molecule is O=C(O)C(F)(F)F.O=C(O)C(F)(F)F.O=C([C@H]1CN(Cc2ccncc2)C[C@H]2OCC[C@@H]12)N1CCCO1.